The lowest BCUT2D eigenvalue weighted by Gasteiger charge is -2.20. The van der Waals surface area contributed by atoms with Gasteiger partial charge in [0.15, 0.2) is 0 Å². The van der Waals surface area contributed by atoms with Crippen molar-refractivity contribution in [3.63, 3.8) is 0 Å². The molecular weight excluding hydrogens is 1810 g/mol. The number of hydrogen-bond donors (Lipinski definition) is 1. The highest BCUT2D eigenvalue weighted by Crippen LogP contribution is 2.28. The van der Waals surface area contributed by atoms with Gasteiger partial charge in [0.2, 0.25) is 0 Å². The zero-order chi connectivity index (χ0) is 112. The lowest BCUT2D eigenvalue weighted by molar-refractivity contribution is 0.163. The number of rotatable bonds is 111. The minimum absolute atomic E-state index is 0.117. The smallest absolute Gasteiger partial charge is 0.0574 e. The summed E-state index contributed by atoms with van der Waals surface area (Å²) in [6, 6.07) is 0. The molecule has 0 aromatic rings. The molecule has 150 heavy (non-hydrogen) atoms. The zero-order valence-electron chi connectivity index (χ0n) is 111. The fourth-order valence-electron chi connectivity index (χ4n) is 20.4. The van der Waals surface area contributed by atoms with Crippen LogP contribution in [0.1, 0.15) is 841 Å². The molecule has 0 aliphatic carbocycles. The monoisotopic (exact) mass is 2110 g/mol. The van der Waals surface area contributed by atoms with E-state index in [-0.39, 0.29) is 6.10 Å². The first-order valence-corrected chi connectivity index (χ1v) is 70.9. The summed E-state index contributed by atoms with van der Waals surface area (Å²) in [5.74, 6) is 8.11. The first-order chi connectivity index (χ1) is 73.0. The molecule has 0 spiro atoms. The van der Waals surface area contributed by atoms with E-state index in [9.17, 15) is 5.11 Å². The minimum Gasteiger partial charge on any atom is -0.393 e. The molecule has 0 saturated heterocycles. The van der Waals surface area contributed by atoms with Gasteiger partial charge in [-0.15, -0.1) is 0 Å². The Morgan fingerprint density at radius 2 is 0.267 bits per heavy atom. The van der Waals surface area contributed by atoms with Crippen molar-refractivity contribution < 1.29 is 5.11 Å². The highest BCUT2D eigenvalue weighted by molar-refractivity contribution is 4.97. The molecule has 0 fully saturated rings. The maximum atomic E-state index is 9.84. The molecule has 0 bridgehead atoms. The molecule has 906 valence electrons. The summed E-state index contributed by atoms with van der Waals surface area (Å²) in [4.78, 5) is 0. The van der Waals surface area contributed by atoms with Crippen molar-refractivity contribution in [2.24, 2.45) is 53.3 Å². The normalized spacial score (nSPS) is 12.1. The van der Waals surface area contributed by atoms with Crippen LogP contribution in [0.5, 0.6) is 0 Å². The van der Waals surface area contributed by atoms with Gasteiger partial charge in [0.25, 0.3) is 0 Å². The molecule has 0 aliphatic rings. The van der Waals surface area contributed by atoms with Crippen LogP contribution in [-0.4, -0.2) is 11.2 Å². The molecule has 2 unspecified atom stereocenters. The number of aliphatic hydroxyl groups is 1. The fourth-order valence-corrected chi connectivity index (χ4v) is 20.4. The van der Waals surface area contributed by atoms with Crippen LogP contribution in [0.15, 0.2) is 60.8 Å². The van der Waals surface area contributed by atoms with Crippen molar-refractivity contribution in [1.82, 2.24) is 0 Å². The summed E-state index contributed by atoms with van der Waals surface area (Å²) in [5.41, 5.74) is 0. The molecule has 0 rings (SSSR count). The second kappa shape index (κ2) is 156. The van der Waals surface area contributed by atoms with Crippen molar-refractivity contribution in [2.75, 3.05) is 0 Å². The second-order valence-corrected chi connectivity index (χ2v) is 51.5. The van der Waals surface area contributed by atoms with Gasteiger partial charge in [-0.25, -0.2) is 0 Å². The van der Waals surface area contributed by atoms with Crippen LogP contribution in [0.3, 0.4) is 0 Å². The molecule has 0 saturated carbocycles. The molecule has 1 nitrogen and oxygen atoms in total. The van der Waals surface area contributed by atoms with Crippen molar-refractivity contribution >= 4 is 0 Å². The Morgan fingerprint density at radius 3 is 0.447 bits per heavy atom. The van der Waals surface area contributed by atoms with Crippen LogP contribution >= 0.6 is 0 Å². The molecule has 0 radical (unpaired) electrons. The summed E-state index contributed by atoms with van der Waals surface area (Å²) in [6.45, 7) is 57.9. The predicted molar refractivity (Wildman–Crippen MR) is 705 cm³/mol. The van der Waals surface area contributed by atoms with Gasteiger partial charge in [0, 0.05) is 0 Å². The van der Waals surface area contributed by atoms with Crippen LogP contribution < -0.4 is 0 Å². The van der Waals surface area contributed by atoms with E-state index in [2.05, 4.69) is 234 Å². The van der Waals surface area contributed by atoms with Crippen LogP contribution in [0.25, 0.3) is 0 Å². The van der Waals surface area contributed by atoms with Gasteiger partial charge in [0.05, 0.1) is 6.10 Å². The summed E-state index contributed by atoms with van der Waals surface area (Å²) >= 11 is 0. The largest absolute Gasteiger partial charge is 0.393 e. The number of hydrogen-bond acceptors (Lipinski definition) is 1. The predicted octanol–water partition coefficient (Wildman–Crippen LogP) is 56.6. The van der Waals surface area contributed by atoms with Gasteiger partial charge >= 0.3 is 0 Å². The van der Waals surface area contributed by atoms with E-state index in [0.29, 0.717) is 0 Å². The van der Waals surface area contributed by atoms with E-state index < -0.39 is 0 Å². The van der Waals surface area contributed by atoms with Crippen LogP contribution in [0.4, 0.5) is 0 Å². The van der Waals surface area contributed by atoms with Crippen molar-refractivity contribution in [3.05, 3.63) is 60.8 Å². The summed E-state index contributed by atoms with van der Waals surface area (Å²) in [7, 11) is 0. The third-order valence-corrected chi connectivity index (χ3v) is 31.2. The Balaban J connectivity index is -0.000000257. The van der Waals surface area contributed by atoms with E-state index in [1.807, 2.05) is 0 Å². The highest BCUT2D eigenvalue weighted by atomic mass is 16.3. The van der Waals surface area contributed by atoms with Gasteiger partial charge in [-0.05, 0) is 137 Å². The maximum absolute atomic E-state index is 9.84. The Morgan fingerprint density at radius 1 is 0.133 bits per heavy atom. The van der Waals surface area contributed by atoms with Crippen LogP contribution in [0.2, 0.25) is 0 Å². The molecular formula is C149H304O. The number of allylic oxidation sites excluding steroid dienone is 9. The standard InChI is InChI=1S/C23H48.C20H40O.C20H42.C20H36.C18H38.C18H36.C16H34.C14H30/c1-5-7-9-11-13-15-17-19-21-23(22(3)4)20-18-16-14-12-10-8-6-2;1-4-5-6-14-17-20(21)18-15-12-10-8-7-9-11-13-16-19(2)3;2*1-4-5-6-7-8-9-10-11-12-13-14-15-16-17-18-19-20(2)3;2*1-4-5-6-7-8-9-10-11-12-13-14-15-16-17-18(2)3;1-4-5-6-7-8-9-10-11-12-13-14-15-16(2)3;1-4-5-6-7-8-9-10-11-12-13-14(2)3/h22-23H,5-21H2,1-4H3;12,15,19-21H,4-11,13-14,16-18H2,1-3H3;20H,4-19H2,1-3H3;5-6,8-9,11-12,20H,4,7,10,13-19H2,1-3H3;18H,4-17H2,1-3H3;11-12,18H,4-10,13-17H2,1-3H3;16H,4-15H2,1-3H3;14H,4-13H2,1-3H3/b;15-12-;;6-5-,9-8-,12-11-;;12-11-;;. The summed E-state index contributed by atoms with van der Waals surface area (Å²) in [5, 5.41) is 9.84. The van der Waals surface area contributed by atoms with Gasteiger partial charge < -0.3 is 5.11 Å². The first-order valence-electron chi connectivity index (χ1n) is 70.9. The van der Waals surface area contributed by atoms with E-state index >= 15 is 0 Å². The lowest BCUT2D eigenvalue weighted by Crippen LogP contribution is -2.08. The number of aliphatic hydroxyl groups excluding tert-OH is 1. The summed E-state index contributed by atoms with van der Waals surface area (Å²) in [6.07, 6.45) is 170. The van der Waals surface area contributed by atoms with E-state index in [4.69, 9.17) is 0 Å². The molecule has 0 amide bonds. The van der Waals surface area contributed by atoms with Gasteiger partial charge in [-0.2, -0.15) is 0 Å². The highest BCUT2D eigenvalue weighted by Gasteiger charge is 2.14. The van der Waals surface area contributed by atoms with E-state index in [0.717, 1.165) is 85.4 Å². The average Bonchev–Trinajstić information content (AvgIpc) is 0.963. The molecule has 0 aromatic heterocycles. The molecule has 0 heterocycles. The molecule has 0 aromatic carbocycles. The van der Waals surface area contributed by atoms with Crippen molar-refractivity contribution in [1.29, 1.82) is 0 Å². The zero-order valence-corrected chi connectivity index (χ0v) is 111. The minimum atomic E-state index is -0.117. The topological polar surface area (TPSA) is 20.2 Å². The Labute approximate surface area is 959 Å². The Bertz CT molecular complexity index is 2300. The quantitative estimate of drug-likeness (QED) is 0.0475. The number of unbranched alkanes of at least 4 members (excludes halogenated alkanes) is 79. The Hall–Kier alpha value is -1.34. The summed E-state index contributed by atoms with van der Waals surface area (Å²) < 4.78 is 0. The van der Waals surface area contributed by atoms with Gasteiger partial charge in [-0.3, -0.25) is 0 Å². The molecule has 0 aliphatic heterocycles. The third kappa shape index (κ3) is 188. The molecule has 2 atom stereocenters. The SMILES string of the molecule is CC/C=C\C/C=C\C/C=C\CCCCCCCC(C)C.CCCCCCC(O)C/C=C\CCCCCCCC(C)C.CCCCCCCC/C=C\CCCCCC(C)C.CCCCCCCCCCC(CCCCCCCCC)C(C)C.CCCCCCCCCCCC(C)C.CCCCCCCCCCCCCC(C)C.CCCCCCCCCCCCCCCC(C)C.CCCCCCCCCCCCCCCCCC(C)C. The van der Waals surface area contributed by atoms with Crippen molar-refractivity contribution in [2.45, 2.75) is 847 Å². The lowest BCUT2D eigenvalue weighted by atomic mass is 9.85. The molecule has 1 heteroatoms. The van der Waals surface area contributed by atoms with E-state index in [1.54, 1.807) is 0 Å². The van der Waals surface area contributed by atoms with E-state index in [1.165, 1.54) is 636 Å². The van der Waals surface area contributed by atoms with Crippen LogP contribution in [0, 0.1) is 53.3 Å². The van der Waals surface area contributed by atoms with Crippen molar-refractivity contribution in [3.8, 4) is 0 Å². The van der Waals surface area contributed by atoms with Gasteiger partial charge in [-0.1, -0.05) is 818 Å². The second-order valence-electron chi connectivity index (χ2n) is 51.5. The van der Waals surface area contributed by atoms with Crippen LogP contribution in [-0.2, 0) is 0 Å². The first kappa shape index (κ1) is 164. The maximum Gasteiger partial charge on any atom is 0.0574 e. The Kier molecular flexibility index (Phi) is 170. The van der Waals surface area contributed by atoms with Gasteiger partial charge in [0.1, 0.15) is 0 Å². The average molecular weight is 2110 g/mol. The third-order valence-electron chi connectivity index (χ3n) is 31.2. The molecule has 1 N–H and O–H groups in total. The fraction of sp³-hybridized carbons (Fsp3) is 0.933.